The first-order chi connectivity index (χ1) is 16.1. The molecule has 0 saturated carbocycles. The van der Waals surface area contributed by atoms with E-state index in [2.05, 4.69) is 70.1 Å². The van der Waals surface area contributed by atoms with Crippen LogP contribution < -0.4 is 10.6 Å². The third kappa shape index (κ3) is 4.64. The molecular weight excluding hydrogens is 410 g/mol. The second-order valence-corrected chi connectivity index (χ2v) is 9.45. The Morgan fingerprint density at radius 1 is 0.848 bits per heavy atom. The van der Waals surface area contributed by atoms with Gasteiger partial charge < -0.3 is 5.32 Å². The van der Waals surface area contributed by atoms with Crippen LogP contribution in [0.25, 0.3) is 10.8 Å². The lowest BCUT2D eigenvalue weighted by molar-refractivity contribution is -0.127. The van der Waals surface area contributed by atoms with Gasteiger partial charge in [-0.3, -0.25) is 15.0 Å². The van der Waals surface area contributed by atoms with Gasteiger partial charge in [-0.15, -0.1) is 0 Å². The second kappa shape index (κ2) is 9.36. The van der Waals surface area contributed by atoms with E-state index >= 15 is 0 Å². The Morgan fingerprint density at radius 2 is 1.58 bits per heavy atom. The average molecular weight is 442 g/mol. The number of fused-ring (bicyclic) bond motifs is 1. The quantitative estimate of drug-likeness (QED) is 0.525. The molecule has 0 spiro atoms. The highest BCUT2D eigenvalue weighted by Crippen LogP contribution is 2.35. The zero-order valence-electron chi connectivity index (χ0n) is 18.9. The van der Waals surface area contributed by atoms with Crippen molar-refractivity contribution in [2.24, 2.45) is 5.92 Å². The number of nitrogens with zero attached hydrogens (tertiary/aromatic N) is 1. The zero-order valence-corrected chi connectivity index (χ0v) is 18.9. The van der Waals surface area contributed by atoms with E-state index < -0.39 is 5.54 Å². The Labute approximate surface area is 195 Å². The molecule has 2 saturated heterocycles. The molecule has 5 nitrogen and oxygen atoms in total. The Kier molecular flexibility index (Phi) is 6.14. The molecule has 5 rings (SSSR count). The van der Waals surface area contributed by atoms with Gasteiger partial charge in [0.1, 0.15) is 5.54 Å². The van der Waals surface area contributed by atoms with Crippen LogP contribution in [0.3, 0.4) is 0 Å². The van der Waals surface area contributed by atoms with Crippen molar-refractivity contribution in [1.29, 1.82) is 0 Å². The van der Waals surface area contributed by atoms with E-state index in [-0.39, 0.29) is 17.9 Å². The number of aryl methyl sites for hydroxylation is 1. The first-order valence-electron chi connectivity index (χ1n) is 12.0. The number of carbonyl (C=O) groups is 2. The molecule has 2 aliphatic rings. The van der Waals surface area contributed by atoms with E-state index in [1.54, 1.807) is 0 Å². The van der Waals surface area contributed by atoms with E-state index in [1.165, 1.54) is 21.9 Å². The predicted molar refractivity (Wildman–Crippen MR) is 131 cm³/mol. The molecule has 2 aliphatic heterocycles. The van der Waals surface area contributed by atoms with Gasteiger partial charge in [-0.25, -0.2) is 4.79 Å². The number of amides is 3. The summed E-state index contributed by atoms with van der Waals surface area (Å²) in [5.74, 6) is 0.0149. The molecule has 33 heavy (non-hydrogen) atoms. The summed E-state index contributed by atoms with van der Waals surface area (Å²) in [6.07, 6.45) is 4.27. The summed E-state index contributed by atoms with van der Waals surface area (Å²) in [4.78, 5) is 27.5. The van der Waals surface area contributed by atoms with Crippen molar-refractivity contribution in [2.75, 3.05) is 13.1 Å². The van der Waals surface area contributed by atoms with Crippen molar-refractivity contribution in [3.63, 3.8) is 0 Å². The summed E-state index contributed by atoms with van der Waals surface area (Å²) in [6, 6.07) is 25.1. The average Bonchev–Trinajstić information content (AvgIpc) is 3.14. The molecule has 0 radical (unpaired) electrons. The number of hydrogen-bond donors (Lipinski definition) is 2. The normalized spacial score (nSPS) is 21.8. The molecule has 2 fully saturated rings. The minimum absolute atomic E-state index is 0.145. The van der Waals surface area contributed by atoms with Crippen LogP contribution in [0.5, 0.6) is 0 Å². The molecule has 0 unspecified atom stereocenters. The summed E-state index contributed by atoms with van der Waals surface area (Å²) in [5.41, 5.74) is 1.81. The third-order valence-corrected chi connectivity index (χ3v) is 7.35. The number of benzene rings is 3. The van der Waals surface area contributed by atoms with Crippen LogP contribution >= 0.6 is 0 Å². The van der Waals surface area contributed by atoms with Crippen LogP contribution in [0.1, 0.15) is 36.8 Å². The van der Waals surface area contributed by atoms with Gasteiger partial charge in [0.05, 0.1) is 0 Å². The molecule has 5 heteroatoms. The minimum Gasteiger partial charge on any atom is -0.323 e. The van der Waals surface area contributed by atoms with Gasteiger partial charge in [-0.05, 0) is 79.1 Å². The van der Waals surface area contributed by atoms with Gasteiger partial charge >= 0.3 is 6.03 Å². The SMILES string of the molecule is O=C1NC(=O)[C@](CCCc2ccccc2)(C2CCN(Cc3ccc4ccccc4c3)CC2)N1. The Hall–Kier alpha value is -3.18. The van der Waals surface area contributed by atoms with Gasteiger partial charge in [0.15, 0.2) is 0 Å². The van der Waals surface area contributed by atoms with E-state index in [0.29, 0.717) is 6.42 Å². The lowest BCUT2D eigenvalue weighted by Gasteiger charge is -2.40. The summed E-state index contributed by atoms with van der Waals surface area (Å²) in [6.45, 7) is 2.78. The van der Waals surface area contributed by atoms with Crippen molar-refractivity contribution in [1.82, 2.24) is 15.5 Å². The van der Waals surface area contributed by atoms with Gasteiger partial charge in [-0.2, -0.15) is 0 Å². The van der Waals surface area contributed by atoms with Crippen molar-refractivity contribution >= 4 is 22.7 Å². The molecule has 3 amide bonds. The maximum Gasteiger partial charge on any atom is 0.322 e. The largest absolute Gasteiger partial charge is 0.323 e. The van der Waals surface area contributed by atoms with Crippen LogP contribution in [-0.2, 0) is 17.8 Å². The van der Waals surface area contributed by atoms with Crippen LogP contribution in [0.15, 0.2) is 72.8 Å². The van der Waals surface area contributed by atoms with Gasteiger partial charge in [-0.1, -0.05) is 66.7 Å². The van der Waals surface area contributed by atoms with Crippen LogP contribution in [-0.4, -0.2) is 35.5 Å². The van der Waals surface area contributed by atoms with Gasteiger partial charge in [0.2, 0.25) is 0 Å². The number of carbonyl (C=O) groups excluding carboxylic acids is 2. The van der Waals surface area contributed by atoms with Crippen LogP contribution in [0.2, 0.25) is 0 Å². The molecule has 3 aromatic carbocycles. The lowest BCUT2D eigenvalue weighted by atomic mass is 9.74. The highest BCUT2D eigenvalue weighted by Gasteiger charge is 2.51. The topological polar surface area (TPSA) is 61.4 Å². The predicted octanol–water partition coefficient (Wildman–Crippen LogP) is 4.65. The van der Waals surface area contributed by atoms with E-state index in [1.807, 2.05) is 18.2 Å². The van der Waals surface area contributed by atoms with Crippen molar-refractivity contribution < 1.29 is 9.59 Å². The first-order valence-corrected chi connectivity index (χ1v) is 12.0. The fraction of sp³-hybridized carbons (Fsp3) is 0.357. The molecule has 170 valence electrons. The molecule has 3 aromatic rings. The summed E-state index contributed by atoms with van der Waals surface area (Å²) in [5, 5.41) is 8.09. The Balaban J connectivity index is 1.22. The number of nitrogens with one attached hydrogen (secondary N) is 2. The fourth-order valence-electron chi connectivity index (χ4n) is 5.57. The number of imide groups is 1. The first kappa shape index (κ1) is 21.7. The highest BCUT2D eigenvalue weighted by molar-refractivity contribution is 6.07. The fourth-order valence-corrected chi connectivity index (χ4v) is 5.57. The van der Waals surface area contributed by atoms with Gasteiger partial charge in [0.25, 0.3) is 5.91 Å². The van der Waals surface area contributed by atoms with Crippen LogP contribution in [0.4, 0.5) is 4.79 Å². The Bertz CT molecular complexity index is 1140. The third-order valence-electron chi connectivity index (χ3n) is 7.35. The number of rotatable bonds is 7. The number of hydrogen-bond acceptors (Lipinski definition) is 3. The Morgan fingerprint density at radius 3 is 2.30 bits per heavy atom. The molecule has 0 aliphatic carbocycles. The smallest absolute Gasteiger partial charge is 0.322 e. The summed E-state index contributed by atoms with van der Waals surface area (Å²) in [7, 11) is 0. The molecule has 1 atom stereocenters. The van der Waals surface area contributed by atoms with Crippen molar-refractivity contribution in [3.8, 4) is 0 Å². The van der Waals surface area contributed by atoms with E-state index in [9.17, 15) is 9.59 Å². The molecule has 0 bridgehead atoms. The number of likely N-dealkylation sites (tertiary alicyclic amines) is 1. The van der Waals surface area contributed by atoms with Crippen LogP contribution in [0, 0.1) is 5.92 Å². The zero-order chi connectivity index (χ0) is 22.7. The molecule has 2 heterocycles. The molecule has 0 aromatic heterocycles. The van der Waals surface area contributed by atoms with Crippen molar-refractivity contribution in [2.45, 2.75) is 44.2 Å². The number of urea groups is 1. The van der Waals surface area contributed by atoms with Gasteiger partial charge in [0, 0.05) is 6.54 Å². The summed E-state index contributed by atoms with van der Waals surface area (Å²) < 4.78 is 0. The van der Waals surface area contributed by atoms with E-state index in [4.69, 9.17) is 0 Å². The van der Waals surface area contributed by atoms with Crippen molar-refractivity contribution in [3.05, 3.63) is 83.9 Å². The highest BCUT2D eigenvalue weighted by atomic mass is 16.2. The summed E-state index contributed by atoms with van der Waals surface area (Å²) >= 11 is 0. The maximum atomic E-state index is 12.9. The monoisotopic (exact) mass is 441 g/mol. The maximum absolute atomic E-state index is 12.9. The lowest BCUT2D eigenvalue weighted by Crippen LogP contribution is -2.56. The number of piperidine rings is 1. The minimum atomic E-state index is -0.777. The van der Waals surface area contributed by atoms with E-state index in [0.717, 1.165) is 45.3 Å². The molecular formula is C28H31N3O2. The molecule has 2 N–H and O–H groups in total. The second-order valence-electron chi connectivity index (χ2n) is 9.45. The standard InChI is InChI=1S/C28H31N3O2/c32-26-28(30-27(33)29-26,16-6-9-21-7-2-1-3-8-21)25-14-17-31(18-15-25)20-22-12-13-23-10-4-5-11-24(23)19-22/h1-5,7-8,10-13,19,25H,6,9,14-18,20H2,(H2,29,30,32,33)/t28-/m0/s1.